The number of nitrogens with zero attached hydrogens (tertiary/aromatic N) is 1. The summed E-state index contributed by atoms with van der Waals surface area (Å²) in [7, 11) is 0. The van der Waals surface area contributed by atoms with Gasteiger partial charge in [0.25, 0.3) is 0 Å². The maximum absolute atomic E-state index is 3.64. The Bertz CT molecular complexity index is 394. The summed E-state index contributed by atoms with van der Waals surface area (Å²) in [5, 5.41) is 3.64. The van der Waals surface area contributed by atoms with Crippen LogP contribution in [0.3, 0.4) is 0 Å². The van der Waals surface area contributed by atoms with Crippen molar-refractivity contribution in [1.29, 1.82) is 0 Å². The van der Waals surface area contributed by atoms with Gasteiger partial charge in [0.15, 0.2) is 0 Å². The molecule has 1 N–H and O–H groups in total. The van der Waals surface area contributed by atoms with Gasteiger partial charge in [-0.15, -0.1) is 0 Å². The second-order valence-electron chi connectivity index (χ2n) is 6.52. The van der Waals surface area contributed by atoms with E-state index in [9.17, 15) is 0 Å². The fourth-order valence-corrected chi connectivity index (χ4v) is 2.85. The van der Waals surface area contributed by atoms with Crippen LogP contribution < -0.4 is 5.32 Å². The molecular formula is C17H28N2. The molecule has 1 fully saturated rings. The van der Waals surface area contributed by atoms with E-state index in [1.807, 2.05) is 0 Å². The van der Waals surface area contributed by atoms with E-state index in [2.05, 4.69) is 62.2 Å². The van der Waals surface area contributed by atoms with Crippen LogP contribution in [-0.4, -0.2) is 29.6 Å². The lowest BCUT2D eigenvalue weighted by atomic mass is 10.0. The molecule has 0 spiro atoms. The minimum absolute atomic E-state index is 0.216. The molecule has 1 heterocycles. The fourth-order valence-electron chi connectivity index (χ4n) is 2.85. The van der Waals surface area contributed by atoms with Gasteiger partial charge in [0.05, 0.1) is 0 Å². The van der Waals surface area contributed by atoms with Gasteiger partial charge in [0.1, 0.15) is 0 Å². The van der Waals surface area contributed by atoms with Gasteiger partial charge in [-0.1, -0.05) is 31.2 Å². The van der Waals surface area contributed by atoms with Crippen LogP contribution in [0.1, 0.15) is 45.2 Å². The monoisotopic (exact) mass is 260 g/mol. The van der Waals surface area contributed by atoms with E-state index in [-0.39, 0.29) is 5.54 Å². The number of nitrogens with one attached hydrogen (secondary N) is 1. The molecule has 0 aliphatic carbocycles. The van der Waals surface area contributed by atoms with Gasteiger partial charge in [-0.05, 0) is 51.3 Å². The van der Waals surface area contributed by atoms with Crippen LogP contribution in [-0.2, 0) is 13.0 Å². The summed E-state index contributed by atoms with van der Waals surface area (Å²) >= 11 is 0. The van der Waals surface area contributed by atoms with Gasteiger partial charge in [0, 0.05) is 24.7 Å². The number of hydrogen-bond acceptors (Lipinski definition) is 2. The van der Waals surface area contributed by atoms with Crippen LogP contribution >= 0.6 is 0 Å². The average molecular weight is 260 g/mol. The van der Waals surface area contributed by atoms with Crippen molar-refractivity contribution in [2.75, 3.05) is 13.1 Å². The van der Waals surface area contributed by atoms with E-state index in [0.29, 0.717) is 6.04 Å². The Balaban J connectivity index is 2.06. The van der Waals surface area contributed by atoms with Gasteiger partial charge >= 0.3 is 0 Å². The molecular weight excluding hydrogens is 232 g/mol. The first-order chi connectivity index (χ1) is 9.00. The van der Waals surface area contributed by atoms with Gasteiger partial charge in [-0.2, -0.15) is 0 Å². The van der Waals surface area contributed by atoms with Crippen molar-refractivity contribution < 1.29 is 0 Å². The molecule has 1 unspecified atom stereocenters. The van der Waals surface area contributed by atoms with Crippen LogP contribution in [0.2, 0.25) is 0 Å². The molecule has 1 saturated heterocycles. The molecule has 0 radical (unpaired) electrons. The lowest BCUT2D eigenvalue weighted by Crippen LogP contribution is -2.47. The molecule has 0 amide bonds. The molecule has 106 valence electrons. The minimum atomic E-state index is 0.216. The fraction of sp³-hybridized carbons (Fsp3) is 0.647. The SMILES string of the molecule is CCc1ccc(CN2CC(C)(C)NCCC2C)cc1. The van der Waals surface area contributed by atoms with E-state index in [0.717, 1.165) is 26.1 Å². The van der Waals surface area contributed by atoms with Gasteiger partial charge < -0.3 is 5.32 Å². The summed E-state index contributed by atoms with van der Waals surface area (Å²) in [6.45, 7) is 12.5. The van der Waals surface area contributed by atoms with E-state index >= 15 is 0 Å². The first-order valence-electron chi connectivity index (χ1n) is 7.57. The van der Waals surface area contributed by atoms with Crippen molar-refractivity contribution in [1.82, 2.24) is 10.2 Å². The smallest absolute Gasteiger partial charge is 0.0252 e. The Morgan fingerprint density at radius 3 is 2.47 bits per heavy atom. The highest BCUT2D eigenvalue weighted by molar-refractivity contribution is 5.22. The molecule has 0 bridgehead atoms. The van der Waals surface area contributed by atoms with E-state index in [1.165, 1.54) is 17.5 Å². The van der Waals surface area contributed by atoms with Gasteiger partial charge in [-0.3, -0.25) is 4.90 Å². The van der Waals surface area contributed by atoms with Crippen molar-refractivity contribution in [2.45, 2.75) is 58.7 Å². The summed E-state index contributed by atoms with van der Waals surface area (Å²) in [6.07, 6.45) is 2.35. The van der Waals surface area contributed by atoms with Crippen LogP contribution in [0.5, 0.6) is 0 Å². The maximum Gasteiger partial charge on any atom is 0.0252 e. The molecule has 1 aliphatic heterocycles. The third kappa shape index (κ3) is 4.05. The normalized spacial score (nSPS) is 24.1. The molecule has 2 nitrogen and oxygen atoms in total. The molecule has 0 aromatic heterocycles. The first-order valence-corrected chi connectivity index (χ1v) is 7.57. The molecule has 0 saturated carbocycles. The molecule has 2 heteroatoms. The summed E-state index contributed by atoms with van der Waals surface area (Å²) in [6, 6.07) is 9.76. The second kappa shape index (κ2) is 6.06. The Labute approximate surface area is 118 Å². The minimum Gasteiger partial charge on any atom is -0.310 e. The lowest BCUT2D eigenvalue weighted by molar-refractivity contribution is 0.173. The van der Waals surface area contributed by atoms with E-state index < -0.39 is 0 Å². The molecule has 1 atom stereocenters. The standard InChI is InChI=1S/C17H28N2/c1-5-15-6-8-16(9-7-15)12-19-13-17(3,4)18-11-10-14(19)2/h6-9,14,18H,5,10-13H2,1-4H3. The Morgan fingerprint density at radius 2 is 1.84 bits per heavy atom. The van der Waals surface area contributed by atoms with Crippen LogP contribution in [0.15, 0.2) is 24.3 Å². The topological polar surface area (TPSA) is 15.3 Å². The second-order valence-corrected chi connectivity index (χ2v) is 6.52. The lowest BCUT2D eigenvalue weighted by Gasteiger charge is -2.33. The molecule has 1 aliphatic rings. The van der Waals surface area contributed by atoms with Crippen molar-refractivity contribution in [3.05, 3.63) is 35.4 Å². The summed E-state index contributed by atoms with van der Waals surface area (Å²) < 4.78 is 0. The quantitative estimate of drug-likeness (QED) is 0.898. The number of rotatable bonds is 3. The highest BCUT2D eigenvalue weighted by Gasteiger charge is 2.27. The Hall–Kier alpha value is -0.860. The number of aryl methyl sites for hydroxylation is 1. The highest BCUT2D eigenvalue weighted by Crippen LogP contribution is 2.18. The zero-order valence-corrected chi connectivity index (χ0v) is 12.9. The van der Waals surface area contributed by atoms with E-state index in [1.54, 1.807) is 0 Å². The predicted octanol–water partition coefficient (Wildman–Crippen LogP) is 3.21. The molecule has 19 heavy (non-hydrogen) atoms. The zero-order chi connectivity index (χ0) is 13.9. The number of benzene rings is 1. The highest BCUT2D eigenvalue weighted by atomic mass is 15.2. The third-order valence-electron chi connectivity index (χ3n) is 4.20. The van der Waals surface area contributed by atoms with Crippen molar-refractivity contribution in [3.8, 4) is 0 Å². The summed E-state index contributed by atoms with van der Waals surface area (Å²) in [5.41, 5.74) is 3.07. The predicted molar refractivity (Wildman–Crippen MR) is 82.4 cm³/mol. The Morgan fingerprint density at radius 1 is 1.21 bits per heavy atom. The van der Waals surface area contributed by atoms with Gasteiger partial charge in [-0.25, -0.2) is 0 Å². The first kappa shape index (κ1) is 14.5. The third-order valence-corrected chi connectivity index (χ3v) is 4.20. The molecule has 1 aromatic carbocycles. The van der Waals surface area contributed by atoms with Crippen molar-refractivity contribution in [3.63, 3.8) is 0 Å². The maximum atomic E-state index is 3.64. The zero-order valence-electron chi connectivity index (χ0n) is 12.9. The van der Waals surface area contributed by atoms with Crippen LogP contribution in [0.25, 0.3) is 0 Å². The van der Waals surface area contributed by atoms with Crippen LogP contribution in [0, 0.1) is 0 Å². The Kier molecular flexibility index (Phi) is 4.64. The van der Waals surface area contributed by atoms with Crippen LogP contribution in [0.4, 0.5) is 0 Å². The molecule has 1 aromatic rings. The van der Waals surface area contributed by atoms with Gasteiger partial charge in [0.2, 0.25) is 0 Å². The summed E-state index contributed by atoms with van der Waals surface area (Å²) in [4.78, 5) is 2.61. The van der Waals surface area contributed by atoms with Crippen molar-refractivity contribution in [2.24, 2.45) is 0 Å². The molecule has 2 rings (SSSR count). The largest absolute Gasteiger partial charge is 0.310 e. The average Bonchev–Trinajstić information content (AvgIpc) is 2.49. The summed E-state index contributed by atoms with van der Waals surface area (Å²) in [5.74, 6) is 0. The van der Waals surface area contributed by atoms with Crippen molar-refractivity contribution >= 4 is 0 Å². The number of hydrogen-bond donors (Lipinski definition) is 1. The van der Waals surface area contributed by atoms with E-state index in [4.69, 9.17) is 0 Å².